The molecule has 0 saturated carbocycles. The largest absolute Gasteiger partial charge is 0.484 e. The third kappa shape index (κ3) is 4.68. The third-order valence-electron chi connectivity index (χ3n) is 6.51. The predicted octanol–water partition coefficient (Wildman–Crippen LogP) is 3.27. The number of rotatable bonds is 6. The minimum Gasteiger partial charge on any atom is -0.484 e. The molecule has 0 spiro atoms. The Morgan fingerprint density at radius 3 is 2.68 bits per heavy atom. The number of anilines is 1. The number of hydrogen-bond acceptors (Lipinski definition) is 6. The molecule has 9 heteroatoms. The van der Waals surface area contributed by atoms with Gasteiger partial charge in [-0.1, -0.05) is 6.07 Å². The molecule has 0 unspecified atom stereocenters. The number of benzene rings is 2. The van der Waals surface area contributed by atoms with Gasteiger partial charge in [0, 0.05) is 49.2 Å². The minimum absolute atomic E-state index is 0.172. The van der Waals surface area contributed by atoms with E-state index >= 15 is 0 Å². The second-order valence-electron chi connectivity index (χ2n) is 8.94. The Balaban J connectivity index is 1.23. The van der Waals surface area contributed by atoms with Gasteiger partial charge in [-0.15, -0.1) is 0 Å². The maximum atomic E-state index is 13.0. The number of aryl methyl sites for hydroxylation is 2. The molecule has 1 amide bonds. The quantitative estimate of drug-likeness (QED) is 0.579. The summed E-state index contributed by atoms with van der Waals surface area (Å²) >= 11 is 0. The summed E-state index contributed by atoms with van der Waals surface area (Å²) < 4.78 is 39.1. The van der Waals surface area contributed by atoms with E-state index in [1.165, 1.54) is 15.9 Å². The van der Waals surface area contributed by atoms with Gasteiger partial charge in [0.25, 0.3) is 5.91 Å². The molecule has 5 rings (SSSR count). The molecule has 1 fully saturated rings. The lowest BCUT2D eigenvalue weighted by molar-refractivity contribution is -0.118. The first-order chi connectivity index (χ1) is 16.4. The standard InChI is InChI=1S/C25H29N3O5S/c1-27-11-13-28(14-12-27)34(30,31)20-6-4-5-18(15-20)26-25(29)17-32-19-9-10-24-22(16-19)21-7-2-3-8-23(21)33-24/h4-6,9-10,15-16H,2-3,7-8,11-14,17H2,1H3,(H,26,29). The molecular formula is C25H29N3O5S. The van der Waals surface area contributed by atoms with E-state index < -0.39 is 10.0 Å². The van der Waals surface area contributed by atoms with Crippen molar-refractivity contribution in [3.63, 3.8) is 0 Å². The number of hydrogen-bond donors (Lipinski definition) is 1. The average molecular weight is 484 g/mol. The summed E-state index contributed by atoms with van der Waals surface area (Å²) in [6.45, 7) is 2.11. The van der Waals surface area contributed by atoms with Crippen LogP contribution in [0.5, 0.6) is 5.75 Å². The van der Waals surface area contributed by atoms with Crippen LogP contribution in [0.4, 0.5) is 5.69 Å². The molecule has 34 heavy (non-hydrogen) atoms. The molecule has 180 valence electrons. The Hall–Kier alpha value is -2.88. The van der Waals surface area contributed by atoms with E-state index in [0.717, 1.165) is 42.4 Å². The fourth-order valence-electron chi connectivity index (χ4n) is 4.59. The summed E-state index contributed by atoms with van der Waals surface area (Å²) in [5, 5.41) is 3.79. The topological polar surface area (TPSA) is 92.1 Å². The SMILES string of the molecule is CN1CCN(S(=O)(=O)c2cccc(NC(=O)COc3ccc4oc5c(c4c3)CCCC5)c2)CC1. The molecule has 0 atom stereocenters. The van der Waals surface area contributed by atoms with E-state index in [4.69, 9.17) is 9.15 Å². The maximum Gasteiger partial charge on any atom is 0.262 e. The highest BCUT2D eigenvalue weighted by atomic mass is 32.2. The maximum absolute atomic E-state index is 13.0. The number of carbonyl (C=O) groups is 1. The van der Waals surface area contributed by atoms with Crippen molar-refractivity contribution in [1.82, 2.24) is 9.21 Å². The van der Waals surface area contributed by atoms with Crippen molar-refractivity contribution in [2.45, 2.75) is 30.6 Å². The lowest BCUT2D eigenvalue weighted by atomic mass is 9.96. The predicted molar refractivity (Wildman–Crippen MR) is 130 cm³/mol. The van der Waals surface area contributed by atoms with Gasteiger partial charge < -0.3 is 19.4 Å². The summed E-state index contributed by atoms with van der Waals surface area (Å²) in [4.78, 5) is 14.8. The molecule has 0 bridgehead atoms. The van der Waals surface area contributed by atoms with Gasteiger partial charge in [0.15, 0.2) is 6.61 Å². The van der Waals surface area contributed by atoms with Crippen LogP contribution in [0.25, 0.3) is 11.0 Å². The highest BCUT2D eigenvalue weighted by molar-refractivity contribution is 7.89. The molecule has 3 aromatic rings. The van der Waals surface area contributed by atoms with Gasteiger partial charge in [0.2, 0.25) is 10.0 Å². The first-order valence-corrected chi connectivity index (χ1v) is 13.1. The number of furan rings is 1. The van der Waals surface area contributed by atoms with Gasteiger partial charge >= 0.3 is 0 Å². The van der Waals surface area contributed by atoms with Crippen LogP contribution >= 0.6 is 0 Å². The summed E-state index contributed by atoms with van der Waals surface area (Å²) in [5.41, 5.74) is 2.51. The number of fused-ring (bicyclic) bond motifs is 3. The van der Waals surface area contributed by atoms with Gasteiger partial charge in [0.1, 0.15) is 17.1 Å². The van der Waals surface area contributed by atoms with Gasteiger partial charge in [-0.25, -0.2) is 8.42 Å². The fraction of sp³-hybridized carbons (Fsp3) is 0.400. The van der Waals surface area contributed by atoms with Crippen LogP contribution in [0.15, 0.2) is 51.8 Å². The lowest BCUT2D eigenvalue weighted by Gasteiger charge is -2.31. The Labute approximate surface area is 199 Å². The van der Waals surface area contributed by atoms with Crippen molar-refractivity contribution in [2.75, 3.05) is 45.2 Å². The molecule has 2 aliphatic rings. The molecular weight excluding hydrogens is 454 g/mol. The van der Waals surface area contributed by atoms with Crippen LogP contribution in [0.1, 0.15) is 24.2 Å². The van der Waals surface area contributed by atoms with E-state index in [9.17, 15) is 13.2 Å². The Morgan fingerprint density at radius 1 is 1.06 bits per heavy atom. The van der Waals surface area contributed by atoms with Crippen molar-refractivity contribution in [3.05, 3.63) is 53.8 Å². The van der Waals surface area contributed by atoms with Crippen molar-refractivity contribution in [2.24, 2.45) is 0 Å². The number of likely N-dealkylation sites (N-methyl/N-ethyl adjacent to an activating group) is 1. The Kier molecular flexibility index (Phi) is 6.33. The van der Waals surface area contributed by atoms with Crippen LogP contribution < -0.4 is 10.1 Å². The zero-order valence-corrected chi connectivity index (χ0v) is 20.1. The number of ether oxygens (including phenoxy) is 1. The Bertz CT molecular complexity index is 1310. The highest BCUT2D eigenvalue weighted by Crippen LogP contribution is 2.34. The number of amides is 1. The fourth-order valence-corrected chi connectivity index (χ4v) is 6.06. The van der Waals surface area contributed by atoms with Crippen molar-refractivity contribution < 1.29 is 22.4 Å². The molecule has 2 aromatic carbocycles. The molecule has 1 saturated heterocycles. The average Bonchev–Trinajstić information content (AvgIpc) is 3.21. The number of sulfonamides is 1. The Morgan fingerprint density at radius 2 is 1.85 bits per heavy atom. The van der Waals surface area contributed by atoms with E-state index in [-0.39, 0.29) is 17.4 Å². The number of nitrogens with one attached hydrogen (secondary N) is 1. The van der Waals surface area contributed by atoms with E-state index in [1.807, 2.05) is 19.2 Å². The van der Waals surface area contributed by atoms with Crippen molar-refractivity contribution in [1.29, 1.82) is 0 Å². The van der Waals surface area contributed by atoms with Gasteiger partial charge in [-0.2, -0.15) is 4.31 Å². The molecule has 8 nitrogen and oxygen atoms in total. The van der Waals surface area contributed by atoms with Crippen molar-refractivity contribution >= 4 is 32.6 Å². The monoisotopic (exact) mass is 483 g/mol. The van der Waals surface area contributed by atoms with Crippen LogP contribution in [-0.4, -0.2) is 63.4 Å². The van der Waals surface area contributed by atoms with E-state index in [0.29, 0.717) is 37.6 Å². The summed E-state index contributed by atoms with van der Waals surface area (Å²) in [6, 6.07) is 12.0. The second-order valence-corrected chi connectivity index (χ2v) is 10.9. The summed E-state index contributed by atoms with van der Waals surface area (Å²) in [7, 11) is -1.63. The molecule has 1 aliphatic heterocycles. The summed E-state index contributed by atoms with van der Waals surface area (Å²) in [6.07, 6.45) is 4.26. The van der Waals surface area contributed by atoms with Crippen LogP contribution in [-0.2, 0) is 27.7 Å². The number of piperazine rings is 1. The van der Waals surface area contributed by atoms with Gasteiger partial charge in [-0.05, 0) is 62.7 Å². The van der Waals surface area contributed by atoms with Crippen molar-refractivity contribution in [3.8, 4) is 5.75 Å². The molecule has 1 N–H and O–H groups in total. The summed E-state index contributed by atoms with van der Waals surface area (Å²) in [5.74, 6) is 1.30. The number of nitrogens with zero attached hydrogens (tertiary/aromatic N) is 2. The number of carbonyl (C=O) groups excluding carboxylic acids is 1. The molecule has 1 aliphatic carbocycles. The van der Waals surface area contributed by atoms with Gasteiger partial charge in [-0.3, -0.25) is 4.79 Å². The van der Waals surface area contributed by atoms with E-state index in [1.54, 1.807) is 24.3 Å². The van der Waals surface area contributed by atoms with Crippen LogP contribution in [0, 0.1) is 0 Å². The zero-order chi connectivity index (χ0) is 23.7. The van der Waals surface area contributed by atoms with Crippen LogP contribution in [0.2, 0.25) is 0 Å². The second kappa shape index (κ2) is 9.40. The first-order valence-electron chi connectivity index (χ1n) is 11.7. The molecule has 1 aromatic heterocycles. The molecule has 2 heterocycles. The molecule has 0 radical (unpaired) electrons. The first kappa shape index (κ1) is 22.9. The van der Waals surface area contributed by atoms with Crippen LogP contribution in [0.3, 0.4) is 0 Å². The lowest BCUT2D eigenvalue weighted by Crippen LogP contribution is -2.47. The third-order valence-corrected chi connectivity index (χ3v) is 8.41. The highest BCUT2D eigenvalue weighted by Gasteiger charge is 2.27. The normalized spacial score (nSPS) is 17.4. The zero-order valence-electron chi connectivity index (χ0n) is 19.2. The smallest absolute Gasteiger partial charge is 0.262 e. The minimum atomic E-state index is -3.61. The van der Waals surface area contributed by atoms with Gasteiger partial charge in [0.05, 0.1) is 4.90 Å². The van der Waals surface area contributed by atoms with E-state index in [2.05, 4.69) is 10.2 Å².